The van der Waals surface area contributed by atoms with Gasteiger partial charge in [-0.1, -0.05) is 48.6 Å². The predicted octanol–water partition coefficient (Wildman–Crippen LogP) is 4.14. The standard InChI is InChI=1S/C28H38O6/c1-3-11-23-13-5-7-15-27(23)33-21-25(29)19-31-17-9-10-18-32-20-26(30)22-34-28-16-8-6-14-24(28)12-4-2/h3-8,13-16,25-26,29-30H,1-2,9-12,17-22H2. The molecule has 0 amide bonds. The molecule has 2 rings (SSSR count). The van der Waals surface area contributed by atoms with Gasteiger partial charge in [0.1, 0.15) is 36.9 Å². The van der Waals surface area contributed by atoms with E-state index in [0.29, 0.717) is 13.2 Å². The summed E-state index contributed by atoms with van der Waals surface area (Å²) in [6.07, 6.45) is 5.31. The van der Waals surface area contributed by atoms with E-state index in [9.17, 15) is 10.2 Å². The van der Waals surface area contributed by atoms with Crippen molar-refractivity contribution in [1.29, 1.82) is 0 Å². The Bertz CT molecular complexity index is 768. The summed E-state index contributed by atoms with van der Waals surface area (Å²) in [4.78, 5) is 0. The smallest absolute Gasteiger partial charge is 0.122 e. The van der Waals surface area contributed by atoms with Gasteiger partial charge in [0.2, 0.25) is 0 Å². The summed E-state index contributed by atoms with van der Waals surface area (Å²) in [6.45, 7) is 9.34. The molecule has 0 radical (unpaired) electrons. The Balaban J connectivity index is 1.48. The summed E-state index contributed by atoms with van der Waals surface area (Å²) in [7, 11) is 0. The molecule has 0 spiro atoms. The number of hydrogen-bond acceptors (Lipinski definition) is 6. The molecular weight excluding hydrogens is 432 g/mol. The largest absolute Gasteiger partial charge is 0.491 e. The fourth-order valence-electron chi connectivity index (χ4n) is 3.25. The summed E-state index contributed by atoms with van der Waals surface area (Å²) in [5, 5.41) is 20.1. The zero-order valence-electron chi connectivity index (χ0n) is 19.9. The van der Waals surface area contributed by atoms with Crippen LogP contribution in [0.2, 0.25) is 0 Å². The minimum atomic E-state index is -0.695. The molecule has 6 heteroatoms. The first kappa shape index (κ1) is 27.6. The van der Waals surface area contributed by atoms with Gasteiger partial charge in [-0.25, -0.2) is 0 Å². The average molecular weight is 471 g/mol. The second-order valence-corrected chi connectivity index (χ2v) is 7.99. The Hall–Kier alpha value is -2.64. The zero-order chi connectivity index (χ0) is 24.4. The van der Waals surface area contributed by atoms with Crippen LogP contribution in [-0.4, -0.2) is 62.1 Å². The molecule has 2 N–H and O–H groups in total. The Morgan fingerprint density at radius 2 is 1.06 bits per heavy atom. The fraction of sp³-hybridized carbons (Fsp3) is 0.429. The minimum absolute atomic E-state index is 0.176. The Kier molecular flexibility index (Phi) is 13.7. The maximum atomic E-state index is 10.1. The van der Waals surface area contributed by atoms with Crippen molar-refractivity contribution in [1.82, 2.24) is 0 Å². The van der Waals surface area contributed by atoms with Crippen LogP contribution in [0, 0.1) is 0 Å². The second kappa shape index (κ2) is 16.9. The van der Waals surface area contributed by atoms with Crippen LogP contribution < -0.4 is 9.47 Å². The molecule has 0 bridgehead atoms. The van der Waals surface area contributed by atoms with Crippen LogP contribution in [0.1, 0.15) is 24.0 Å². The predicted molar refractivity (Wildman–Crippen MR) is 135 cm³/mol. The van der Waals surface area contributed by atoms with Gasteiger partial charge in [0.05, 0.1) is 13.2 Å². The molecule has 0 saturated carbocycles. The normalized spacial score (nSPS) is 12.6. The third-order valence-corrected chi connectivity index (χ3v) is 4.98. The van der Waals surface area contributed by atoms with E-state index < -0.39 is 12.2 Å². The van der Waals surface area contributed by atoms with E-state index in [1.54, 1.807) is 0 Å². The maximum absolute atomic E-state index is 10.1. The molecule has 0 aliphatic carbocycles. The lowest BCUT2D eigenvalue weighted by Crippen LogP contribution is -2.24. The molecule has 0 heterocycles. The molecule has 2 unspecified atom stereocenters. The second-order valence-electron chi connectivity index (χ2n) is 7.99. The van der Waals surface area contributed by atoms with Crippen LogP contribution in [0.4, 0.5) is 0 Å². The quantitative estimate of drug-likeness (QED) is 0.237. The molecule has 34 heavy (non-hydrogen) atoms. The van der Waals surface area contributed by atoms with Gasteiger partial charge in [-0.15, -0.1) is 13.2 Å². The van der Waals surface area contributed by atoms with Crippen molar-refractivity contribution in [2.45, 2.75) is 37.9 Å². The lowest BCUT2D eigenvalue weighted by Gasteiger charge is -2.15. The molecule has 0 saturated heterocycles. The molecule has 0 aliphatic heterocycles. The summed E-state index contributed by atoms with van der Waals surface area (Å²) in [5.41, 5.74) is 2.08. The van der Waals surface area contributed by atoms with E-state index in [2.05, 4.69) is 13.2 Å². The Morgan fingerprint density at radius 3 is 1.47 bits per heavy atom. The molecule has 2 aromatic carbocycles. The molecule has 0 fully saturated rings. The van der Waals surface area contributed by atoms with Gasteiger partial charge in [-0.05, 0) is 48.9 Å². The highest BCUT2D eigenvalue weighted by atomic mass is 16.5. The van der Waals surface area contributed by atoms with E-state index in [1.807, 2.05) is 60.7 Å². The lowest BCUT2D eigenvalue weighted by molar-refractivity contribution is 0.000140. The first-order valence-corrected chi connectivity index (χ1v) is 11.8. The number of rotatable bonds is 19. The van der Waals surface area contributed by atoms with E-state index in [4.69, 9.17) is 18.9 Å². The van der Waals surface area contributed by atoms with E-state index in [1.165, 1.54) is 0 Å². The van der Waals surface area contributed by atoms with E-state index >= 15 is 0 Å². The monoisotopic (exact) mass is 470 g/mol. The third-order valence-electron chi connectivity index (χ3n) is 4.98. The molecule has 6 nitrogen and oxygen atoms in total. The summed E-state index contributed by atoms with van der Waals surface area (Å²) < 4.78 is 22.5. The Labute approximate surface area is 203 Å². The molecule has 2 aromatic rings. The van der Waals surface area contributed by atoms with Crippen molar-refractivity contribution in [3.8, 4) is 11.5 Å². The average Bonchev–Trinajstić information content (AvgIpc) is 2.85. The topological polar surface area (TPSA) is 77.4 Å². The van der Waals surface area contributed by atoms with E-state index in [0.717, 1.165) is 48.3 Å². The number of benzene rings is 2. The number of para-hydroxylation sites is 2. The van der Waals surface area contributed by atoms with Crippen molar-refractivity contribution < 1.29 is 29.2 Å². The van der Waals surface area contributed by atoms with Crippen molar-refractivity contribution in [3.63, 3.8) is 0 Å². The summed E-state index contributed by atoms with van der Waals surface area (Å²) in [6, 6.07) is 15.5. The highest BCUT2D eigenvalue weighted by molar-refractivity contribution is 5.35. The van der Waals surface area contributed by atoms with Crippen LogP contribution in [-0.2, 0) is 22.3 Å². The highest BCUT2D eigenvalue weighted by Gasteiger charge is 2.09. The number of ether oxygens (including phenoxy) is 4. The number of aliphatic hydroxyl groups excluding tert-OH is 2. The van der Waals surface area contributed by atoms with Gasteiger partial charge < -0.3 is 29.2 Å². The molecular formula is C28H38O6. The minimum Gasteiger partial charge on any atom is -0.491 e. The van der Waals surface area contributed by atoms with Crippen molar-refractivity contribution in [3.05, 3.63) is 85.0 Å². The fourth-order valence-corrected chi connectivity index (χ4v) is 3.25. The van der Waals surface area contributed by atoms with Crippen LogP contribution in [0.5, 0.6) is 11.5 Å². The van der Waals surface area contributed by atoms with Gasteiger partial charge in [-0.3, -0.25) is 0 Å². The SMILES string of the molecule is C=CCc1ccccc1OCC(O)COCCCCOCC(O)COc1ccccc1CC=C. The van der Waals surface area contributed by atoms with Gasteiger partial charge >= 0.3 is 0 Å². The van der Waals surface area contributed by atoms with Crippen molar-refractivity contribution in [2.75, 3.05) is 39.6 Å². The van der Waals surface area contributed by atoms with Crippen molar-refractivity contribution in [2.24, 2.45) is 0 Å². The lowest BCUT2D eigenvalue weighted by atomic mass is 10.1. The van der Waals surface area contributed by atoms with Gasteiger partial charge in [0.25, 0.3) is 0 Å². The number of unbranched alkanes of at least 4 members (excludes halogenated alkanes) is 1. The van der Waals surface area contributed by atoms with Crippen molar-refractivity contribution >= 4 is 0 Å². The molecule has 2 atom stereocenters. The molecule has 0 aromatic heterocycles. The van der Waals surface area contributed by atoms with Crippen LogP contribution in [0.3, 0.4) is 0 Å². The molecule has 186 valence electrons. The van der Waals surface area contributed by atoms with Gasteiger partial charge in [0, 0.05) is 13.2 Å². The number of aliphatic hydroxyl groups is 2. The maximum Gasteiger partial charge on any atom is 0.122 e. The summed E-state index contributed by atoms with van der Waals surface area (Å²) >= 11 is 0. The number of hydrogen-bond donors (Lipinski definition) is 2. The zero-order valence-corrected chi connectivity index (χ0v) is 19.9. The third kappa shape index (κ3) is 11.0. The van der Waals surface area contributed by atoms with E-state index in [-0.39, 0.29) is 26.4 Å². The van der Waals surface area contributed by atoms with Crippen LogP contribution in [0.15, 0.2) is 73.8 Å². The first-order chi connectivity index (χ1) is 16.6. The van der Waals surface area contributed by atoms with Gasteiger partial charge in [-0.2, -0.15) is 0 Å². The first-order valence-electron chi connectivity index (χ1n) is 11.8. The number of allylic oxidation sites excluding steroid dienone is 2. The molecule has 0 aliphatic rings. The van der Waals surface area contributed by atoms with Crippen LogP contribution >= 0.6 is 0 Å². The van der Waals surface area contributed by atoms with Crippen LogP contribution in [0.25, 0.3) is 0 Å². The summed E-state index contributed by atoms with van der Waals surface area (Å²) in [5.74, 6) is 1.51. The Morgan fingerprint density at radius 1 is 0.647 bits per heavy atom. The van der Waals surface area contributed by atoms with Gasteiger partial charge in [0.15, 0.2) is 0 Å². The highest BCUT2D eigenvalue weighted by Crippen LogP contribution is 2.20.